The van der Waals surface area contributed by atoms with Gasteiger partial charge in [-0.3, -0.25) is 9.78 Å². The van der Waals surface area contributed by atoms with Gasteiger partial charge in [-0.1, -0.05) is 6.42 Å². The Morgan fingerprint density at radius 2 is 2.09 bits per heavy atom. The summed E-state index contributed by atoms with van der Waals surface area (Å²) < 4.78 is 2.14. The average molecular weight is 300 g/mol. The van der Waals surface area contributed by atoms with Crippen LogP contribution < -0.4 is 5.32 Å². The van der Waals surface area contributed by atoms with Crippen molar-refractivity contribution in [1.82, 2.24) is 30.0 Å². The quantitative estimate of drug-likeness (QED) is 0.930. The molecule has 22 heavy (non-hydrogen) atoms. The maximum atomic E-state index is 12.2. The van der Waals surface area contributed by atoms with Gasteiger partial charge in [0.1, 0.15) is 11.5 Å². The molecule has 7 nitrogen and oxygen atoms in total. The van der Waals surface area contributed by atoms with E-state index in [-0.39, 0.29) is 11.9 Å². The van der Waals surface area contributed by atoms with Gasteiger partial charge < -0.3 is 9.88 Å². The Balaban J connectivity index is 1.74. The first-order valence-electron chi connectivity index (χ1n) is 7.66. The van der Waals surface area contributed by atoms with Crippen molar-refractivity contribution >= 4 is 5.91 Å². The highest BCUT2D eigenvalue weighted by molar-refractivity contribution is 5.92. The van der Waals surface area contributed by atoms with Gasteiger partial charge in [0.2, 0.25) is 0 Å². The van der Waals surface area contributed by atoms with E-state index in [0.717, 1.165) is 43.1 Å². The number of fused-ring (bicyclic) bond motifs is 1. The summed E-state index contributed by atoms with van der Waals surface area (Å²) in [6.07, 6.45) is 7.52. The summed E-state index contributed by atoms with van der Waals surface area (Å²) >= 11 is 0. The van der Waals surface area contributed by atoms with Gasteiger partial charge in [-0.25, -0.2) is 4.98 Å². The fraction of sp³-hybridized carbons (Fsp3) is 0.533. The number of amides is 1. The van der Waals surface area contributed by atoms with Crippen LogP contribution in [0.15, 0.2) is 12.4 Å². The van der Waals surface area contributed by atoms with E-state index >= 15 is 0 Å². The highest BCUT2D eigenvalue weighted by Gasteiger charge is 2.21. The summed E-state index contributed by atoms with van der Waals surface area (Å²) in [5, 5.41) is 11.4. The Labute approximate surface area is 129 Å². The zero-order valence-electron chi connectivity index (χ0n) is 12.9. The van der Waals surface area contributed by atoms with Crippen LogP contribution in [0.3, 0.4) is 0 Å². The third-order valence-corrected chi connectivity index (χ3v) is 3.89. The van der Waals surface area contributed by atoms with Crippen LogP contribution in [-0.2, 0) is 13.0 Å². The third-order valence-electron chi connectivity index (χ3n) is 3.89. The van der Waals surface area contributed by atoms with Crippen molar-refractivity contribution in [1.29, 1.82) is 0 Å². The van der Waals surface area contributed by atoms with Crippen molar-refractivity contribution in [2.45, 2.75) is 52.1 Å². The van der Waals surface area contributed by atoms with Gasteiger partial charge in [-0.05, 0) is 26.7 Å². The molecule has 1 aliphatic rings. The van der Waals surface area contributed by atoms with Crippen molar-refractivity contribution in [3.05, 3.63) is 35.4 Å². The fourth-order valence-corrected chi connectivity index (χ4v) is 2.67. The summed E-state index contributed by atoms with van der Waals surface area (Å²) in [5.74, 6) is 1.58. The second kappa shape index (κ2) is 6.21. The topological polar surface area (TPSA) is 85.6 Å². The fourth-order valence-electron chi connectivity index (χ4n) is 2.67. The maximum absolute atomic E-state index is 12.2. The molecule has 0 radical (unpaired) electrons. The molecule has 0 spiro atoms. The zero-order valence-corrected chi connectivity index (χ0v) is 12.9. The molecule has 2 aromatic rings. The van der Waals surface area contributed by atoms with Crippen molar-refractivity contribution < 1.29 is 4.79 Å². The zero-order chi connectivity index (χ0) is 15.5. The molecule has 0 aromatic carbocycles. The van der Waals surface area contributed by atoms with Gasteiger partial charge in [-0.2, -0.15) is 0 Å². The molecule has 0 bridgehead atoms. The first kappa shape index (κ1) is 14.6. The summed E-state index contributed by atoms with van der Waals surface area (Å²) in [6.45, 7) is 4.67. The predicted molar refractivity (Wildman–Crippen MR) is 80.2 cm³/mol. The molecular weight excluding hydrogens is 280 g/mol. The Kier molecular flexibility index (Phi) is 4.13. The number of carbonyl (C=O) groups is 1. The lowest BCUT2D eigenvalue weighted by Gasteiger charge is -2.15. The monoisotopic (exact) mass is 300 g/mol. The van der Waals surface area contributed by atoms with Crippen LogP contribution in [0.4, 0.5) is 0 Å². The number of hydrogen-bond donors (Lipinski definition) is 1. The molecule has 2 aromatic heterocycles. The molecule has 116 valence electrons. The number of nitrogens with zero attached hydrogens (tertiary/aromatic N) is 5. The van der Waals surface area contributed by atoms with Crippen molar-refractivity contribution in [3.63, 3.8) is 0 Å². The summed E-state index contributed by atoms with van der Waals surface area (Å²) in [5.41, 5.74) is 1.10. The first-order valence-corrected chi connectivity index (χ1v) is 7.66. The molecular formula is C15H20N6O. The van der Waals surface area contributed by atoms with E-state index in [1.54, 1.807) is 6.20 Å². The normalized spacial score (nSPS) is 15.7. The minimum atomic E-state index is -0.244. The molecule has 7 heteroatoms. The Bertz CT molecular complexity index is 663. The molecule has 1 aliphatic heterocycles. The van der Waals surface area contributed by atoms with Crippen LogP contribution >= 0.6 is 0 Å². The molecule has 0 saturated heterocycles. The van der Waals surface area contributed by atoms with E-state index in [0.29, 0.717) is 5.69 Å². The van der Waals surface area contributed by atoms with Crippen LogP contribution in [0.25, 0.3) is 0 Å². The summed E-state index contributed by atoms with van der Waals surface area (Å²) in [4.78, 5) is 20.4. The highest BCUT2D eigenvalue weighted by atomic mass is 16.2. The standard InChI is InChI=1S/C15H20N6O/c1-10-8-17-12(9-16-10)15(22)18-11(2)14-20-19-13-6-4-3-5-7-21(13)14/h8-9,11H,3-7H2,1-2H3,(H,18,22)/t11-/m1/s1. The van der Waals surface area contributed by atoms with E-state index in [4.69, 9.17) is 0 Å². The number of hydrogen-bond acceptors (Lipinski definition) is 5. The van der Waals surface area contributed by atoms with Crippen molar-refractivity contribution in [2.75, 3.05) is 0 Å². The van der Waals surface area contributed by atoms with Gasteiger partial charge in [0.15, 0.2) is 5.82 Å². The maximum Gasteiger partial charge on any atom is 0.272 e. The number of carbonyl (C=O) groups excluding carboxylic acids is 1. The van der Waals surface area contributed by atoms with E-state index in [1.807, 2.05) is 13.8 Å². The number of aryl methyl sites for hydroxylation is 2. The number of rotatable bonds is 3. The van der Waals surface area contributed by atoms with Crippen molar-refractivity contribution in [2.24, 2.45) is 0 Å². The summed E-state index contributed by atoms with van der Waals surface area (Å²) in [6, 6.07) is -0.213. The van der Waals surface area contributed by atoms with Gasteiger partial charge in [0, 0.05) is 19.2 Å². The van der Waals surface area contributed by atoms with Crippen LogP contribution in [0.1, 0.15) is 60.1 Å². The molecule has 0 saturated carbocycles. The largest absolute Gasteiger partial charge is 0.341 e. The smallest absolute Gasteiger partial charge is 0.272 e. The van der Waals surface area contributed by atoms with Crippen LogP contribution in [0, 0.1) is 6.92 Å². The molecule has 3 rings (SSSR count). The molecule has 1 atom stereocenters. The molecule has 0 unspecified atom stereocenters. The summed E-state index contributed by atoms with van der Waals surface area (Å²) in [7, 11) is 0. The second-order valence-electron chi connectivity index (χ2n) is 5.67. The van der Waals surface area contributed by atoms with Gasteiger partial charge >= 0.3 is 0 Å². The van der Waals surface area contributed by atoms with E-state index < -0.39 is 0 Å². The lowest BCUT2D eigenvalue weighted by molar-refractivity contribution is 0.0932. The van der Waals surface area contributed by atoms with Crippen LogP contribution in [0.2, 0.25) is 0 Å². The minimum absolute atomic E-state index is 0.213. The lowest BCUT2D eigenvalue weighted by atomic mass is 10.2. The Morgan fingerprint density at radius 1 is 1.23 bits per heavy atom. The highest BCUT2D eigenvalue weighted by Crippen LogP contribution is 2.18. The third kappa shape index (κ3) is 2.98. The Morgan fingerprint density at radius 3 is 2.86 bits per heavy atom. The second-order valence-corrected chi connectivity index (χ2v) is 5.67. The molecule has 0 aliphatic carbocycles. The van der Waals surface area contributed by atoms with Gasteiger partial charge in [-0.15, -0.1) is 10.2 Å². The van der Waals surface area contributed by atoms with Crippen LogP contribution in [-0.4, -0.2) is 30.6 Å². The van der Waals surface area contributed by atoms with Gasteiger partial charge in [0.25, 0.3) is 5.91 Å². The Hall–Kier alpha value is -2.31. The molecule has 1 N–H and O–H groups in total. The lowest BCUT2D eigenvalue weighted by Crippen LogP contribution is -2.29. The first-order chi connectivity index (χ1) is 10.6. The van der Waals surface area contributed by atoms with Crippen LogP contribution in [0.5, 0.6) is 0 Å². The number of nitrogens with one attached hydrogen (secondary N) is 1. The van der Waals surface area contributed by atoms with E-state index in [1.165, 1.54) is 12.6 Å². The molecule has 1 amide bonds. The number of aromatic nitrogens is 5. The van der Waals surface area contributed by atoms with Crippen molar-refractivity contribution in [3.8, 4) is 0 Å². The predicted octanol–water partition coefficient (Wildman–Crippen LogP) is 1.59. The van der Waals surface area contributed by atoms with E-state index in [2.05, 4.69) is 30.0 Å². The molecule has 3 heterocycles. The minimum Gasteiger partial charge on any atom is -0.341 e. The van der Waals surface area contributed by atoms with Gasteiger partial charge in [0.05, 0.1) is 17.9 Å². The van der Waals surface area contributed by atoms with E-state index in [9.17, 15) is 4.79 Å². The average Bonchev–Trinajstić information content (AvgIpc) is 2.77. The SMILES string of the molecule is Cc1cnc(C(=O)N[C@H](C)c2nnc3n2CCCCC3)cn1. The molecule has 0 fully saturated rings.